The van der Waals surface area contributed by atoms with Gasteiger partial charge in [-0.15, -0.1) is 0 Å². The van der Waals surface area contributed by atoms with Crippen molar-refractivity contribution in [2.75, 3.05) is 14.2 Å². The van der Waals surface area contributed by atoms with E-state index in [0.717, 1.165) is 11.1 Å². The van der Waals surface area contributed by atoms with E-state index in [1.165, 1.54) is 5.56 Å². The lowest BCUT2D eigenvalue weighted by molar-refractivity contribution is 0.354. The molecule has 1 atom stereocenters. The minimum atomic E-state index is -0.217. The molecule has 2 aromatic carbocycles. The maximum Gasteiger partial charge on any atom is 0.161 e. The van der Waals surface area contributed by atoms with E-state index in [4.69, 9.17) is 9.47 Å². The zero-order valence-electron chi connectivity index (χ0n) is 15.1. The van der Waals surface area contributed by atoms with Crippen LogP contribution in [0, 0.1) is 11.3 Å². The van der Waals surface area contributed by atoms with E-state index in [0.29, 0.717) is 17.9 Å². The zero-order valence-corrected chi connectivity index (χ0v) is 15.1. The van der Waals surface area contributed by atoms with Crippen LogP contribution in [0.2, 0.25) is 0 Å². The standard InChI is InChI=1S/C21H25NO2/c1-21(2,3)18-9-6-15(7-10-18)12-17(14-22)16-8-11-19(23-4)20(13-16)24-5/h6-11,13,17H,12H2,1-5H3. The Labute approximate surface area is 144 Å². The van der Waals surface area contributed by atoms with Crippen LogP contribution in [0.25, 0.3) is 0 Å². The molecule has 0 saturated heterocycles. The van der Waals surface area contributed by atoms with Crippen LogP contribution in [0.3, 0.4) is 0 Å². The monoisotopic (exact) mass is 323 g/mol. The number of rotatable bonds is 5. The average molecular weight is 323 g/mol. The van der Waals surface area contributed by atoms with Gasteiger partial charge in [0.25, 0.3) is 0 Å². The smallest absolute Gasteiger partial charge is 0.161 e. The van der Waals surface area contributed by atoms with Gasteiger partial charge in [0.15, 0.2) is 11.5 Å². The normalized spacial score (nSPS) is 12.3. The van der Waals surface area contributed by atoms with E-state index in [1.54, 1.807) is 14.2 Å². The van der Waals surface area contributed by atoms with Crippen LogP contribution in [0.4, 0.5) is 0 Å². The topological polar surface area (TPSA) is 42.2 Å². The van der Waals surface area contributed by atoms with Gasteiger partial charge in [-0.3, -0.25) is 0 Å². The Morgan fingerprint density at radius 1 is 0.958 bits per heavy atom. The molecular formula is C21H25NO2. The molecule has 2 aromatic rings. The highest BCUT2D eigenvalue weighted by molar-refractivity contribution is 5.45. The quantitative estimate of drug-likeness (QED) is 0.790. The van der Waals surface area contributed by atoms with Crippen molar-refractivity contribution in [1.82, 2.24) is 0 Å². The summed E-state index contributed by atoms with van der Waals surface area (Å²) in [5, 5.41) is 9.59. The van der Waals surface area contributed by atoms with Gasteiger partial charge in [-0.25, -0.2) is 0 Å². The zero-order chi connectivity index (χ0) is 17.7. The summed E-state index contributed by atoms with van der Waals surface area (Å²) in [4.78, 5) is 0. The summed E-state index contributed by atoms with van der Waals surface area (Å²) < 4.78 is 10.6. The van der Waals surface area contributed by atoms with Crippen LogP contribution < -0.4 is 9.47 Å². The van der Waals surface area contributed by atoms with Crippen molar-refractivity contribution in [2.24, 2.45) is 0 Å². The minimum Gasteiger partial charge on any atom is -0.493 e. The first-order chi connectivity index (χ1) is 11.4. The van der Waals surface area contributed by atoms with Crippen LogP contribution in [0.5, 0.6) is 11.5 Å². The second-order valence-electron chi connectivity index (χ2n) is 6.95. The van der Waals surface area contributed by atoms with Crippen LogP contribution >= 0.6 is 0 Å². The lowest BCUT2D eigenvalue weighted by atomic mass is 9.85. The summed E-state index contributed by atoms with van der Waals surface area (Å²) in [6.07, 6.45) is 0.677. The van der Waals surface area contributed by atoms with E-state index in [-0.39, 0.29) is 11.3 Å². The second-order valence-corrected chi connectivity index (χ2v) is 6.95. The van der Waals surface area contributed by atoms with Crippen LogP contribution in [0.1, 0.15) is 43.4 Å². The van der Waals surface area contributed by atoms with Gasteiger partial charge in [-0.05, 0) is 40.7 Å². The molecule has 126 valence electrons. The van der Waals surface area contributed by atoms with Crippen LogP contribution in [0.15, 0.2) is 42.5 Å². The van der Waals surface area contributed by atoms with Crippen molar-refractivity contribution in [3.8, 4) is 17.6 Å². The largest absolute Gasteiger partial charge is 0.493 e. The fourth-order valence-corrected chi connectivity index (χ4v) is 2.68. The molecule has 0 saturated carbocycles. The molecule has 0 aliphatic rings. The molecular weight excluding hydrogens is 298 g/mol. The number of hydrogen-bond donors (Lipinski definition) is 0. The summed E-state index contributed by atoms with van der Waals surface area (Å²) in [6, 6.07) is 16.6. The number of ether oxygens (including phenoxy) is 2. The summed E-state index contributed by atoms with van der Waals surface area (Å²) in [6.45, 7) is 6.59. The van der Waals surface area contributed by atoms with E-state index >= 15 is 0 Å². The summed E-state index contributed by atoms with van der Waals surface area (Å²) >= 11 is 0. The fourth-order valence-electron chi connectivity index (χ4n) is 2.68. The Kier molecular flexibility index (Phi) is 5.51. The Balaban J connectivity index is 2.22. The number of nitriles is 1. The minimum absolute atomic E-state index is 0.135. The van der Waals surface area contributed by atoms with Crippen LogP contribution in [-0.2, 0) is 11.8 Å². The molecule has 0 amide bonds. The first kappa shape index (κ1) is 17.9. The lowest BCUT2D eigenvalue weighted by Gasteiger charge is -2.19. The molecule has 3 nitrogen and oxygen atoms in total. The third kappa shape index (κ3) is 4.08. The van der Waals surface area contributed by atoms with Gasteiger partial charge in [0.2, 0.25) is 0 Å². The number of methoxy groups -OCH3 is 2. The second kappa shape index (κ2) is 7.40. The number of hydrogen-bond acceptors (Lipinski definition) is 3. The van der Waals surface area contributed by atoms with Crippen molar-refractivity contribution in [1.29, 1.82) is 5.26 Å². The molecule has 0 aromatic heterocycles. The Morgan fingerprint density at radius 2 is 1.58 bits per heavy atom. The van der Waals surface area contributed by atoms with Gasteiger partial charge >= 0.3 is 0 Å². The van der Waals surface area contributed by atoms with Gasteiger partial charge < -0.3 is 9.47 Å². The molecule has 1 unspecified atom stereocenters. The molecule has 0 spiro atoms. The average Bonchev–Trinajstić information content (AvgIpc) is 2.58. The molecule has 0 aliphatic heterocycles. The molecule has 0 N–H and O–H groups in total. The van der Waals surface area contributed by atoms with Crippen molar-refractivity contribution in [3.63, 3.8) is 0 Å². The molecule has 0 aliphatic carbocycles. The van der Waals surface area contributed by atoms with Crippen molar-refractivity contribution in [2.45, 2.75) is 38.5 Å². The van der Waals surface area contributed by atoms with Gasteiger partial charge in [-0.1, -0.05) is 51.1 Å². The first-order valence-corrected chi connectivity index (χ1v) is 8.10. The van der Waals surface area contributed by atoms with Gasteiger partial charge in [0.05, 0.1) is 26.2 Å². The predicted octanol–water partition coefficient (Wildman–Crippen LogP) is 4.85. The Hall–Kier alpha value is -2.47. The SMILES string of the molecule is COc1ccc(C(C#N)Cc2ccc(C(C)(C)C)cc2)cc1OC. The molecule has 24 heavy (non-hydrogen) atoms. The van der Waals surface area contributed by atoms with E-state index < -0.39 is 0 Å². The van der Waals surface area contributed by atoms with Crippen molar-refractivity contribution >= 4 is 0 Å². The van der Waals surface area contributed by atoms with E-state index in [1.807, 2.05) is 18.2 Å². The van der Waals surface area contributed by atoms with Gasteiger partial charge in [0, 0.05) is 0 Å². The molecule has 0 heterocycles. The number of nitrogens with zero attached hydrogens (tertiary/aromatic N) is 1. The van der Waals surface area contributed by atoms with Crippen molar-refractivity contribution in [3.05, 3.63) is 59.2 Å². The third-order valence-electron chi connectivity index (χ3n) is 4.23. The highest BCUT2D eigenvalue weighted by Crippen LogP contribution is 2.32. The first-order valence-electron chi connectivity index (χ1n) is 8.10. The molecule has 3 heteroatoms. The van der Waals surface area contributed by atoms with Gasteiger partial charge in [-0.2, -0.15) is 5.26 Å². The summed E-state index contributed by atoms with van der Waals surface area (Å²) in [7, 11) is 3.21. The highest BCUT2D eigenvalue weighted by Gasteiger charge is 2.16. The molecule has 0 fully saturated rings. The summed E-state index contributed by atoms with van der Waals surface area (Å²) in [5.74, 6) is 1.11. The fraction of sp³-hybridized carbons (Fsp3) is 0.381. The Morgan fingerprint density at radius 3 is 2.08 bits per heavy atom. The van der Waals surface area contributed by atoms with E-state index in [9.17, 15) is 5.26 Å². The lowest BCUT2D eigenvalue weighted by Crippen LogP contribution is -2.11. The summed E-state index contributed by atoms with van der Waals surface area (Å²) in [5.41, 5.74) is 3.53. The Bertz CT molecular complexity index is 721. The van der Waals surface area contributed by atoms with E-state index in [2.05, 4.69) is 51.1 Å². The molecule has 0 bridgehead atoms. The maximum atomic E-state index is 9.59. The molecule has 0 radical (unpaired) electrons. The molecule has 2 rings (SSSR count). The third-order valence-corrected chi connectivity index (χ3v) is 4.23. The van der Waals surface area contributed by atoms with Crippen LogP contribution in [-0.4, -0.2) is 14.2 Å². The highest BCUT2D eigenvalue weighted by atomic mass is 16.5. The predicted molar refractivity (Wildman–Crippen MR) is 96.7 cm³/mol. The maximum absolute atomic E-state index is 9.59. The number of benzene rings is 2. The van der Waals surface area contributed by atoms with Gasteiger partial charge in [0.1, 0.15) is 0 Å². The van der Waals surface area contributed by atoms with Crippen molar-refractivity contribution < 1.29 is 9.47 Å².